The first kappa shape index (κ1) is 15.2. The summed E-state index contributed by atoms with van der Waals surface area (Å²) in [6, 6.07) is 0. The third-order valence-corrected chi connectivity index (χ3v) is 3.78. The maximum Gasteiger partial charge on any atom is 0.315 e. The van der Waals surface area contributed by atoms with E-state index < -0.39 is 0 Å². The Morgan fingerprint density at radius 3 is 2.13 bits per heavy atom. The van der Waals surface area contributed by atoms with E-state index in [0.29, 0.717) is 11.0 Å². The molecule has 0 spiro atoms. The van der Waals surface area contributed by atoms with E-state index in [0.717, 1.165) is 37.1 Å². The molecule has 0 aromatic heterocycles. The lowest BCUT2D eigenvalue weighted by atomic mass is 10.3. The molecule has 4 heteroatoms. The molecule has 0 heterocycles. The van der Waals surface area contributed by atoms with E-state index in [2.05, 4.69) is 20.8 Å². The molecule has 0 saturated heterocycles. The largest absolute Gasteiger partial charge is 0.465 e. The van der Waals surface area contributed by atoms with Gasteiger partial charge in [0, 0.05) is 6.42 Å². The molecule has 0 aliphatic heterocycles. The molecule has 3 nitrogen and oxygen atoms in total. The molecule has 0 aromatic rings. The molecular weight excluding hydrogens is 305 g/mol. The lowest BCUT2D eigenvalue weighted by Crippen LogP contribution is -2.48. The summed E-state index contributed by atoms with van der Waals surface area (Å²) in [5, 5.41) is 0. The van der Waals surface area contributed by atoms with Crippen LogP contribution >= 0.6 is 22.6 Å². The average Bonchev–Trinajstić information content (AvgIpc) is 2.30. The second kappa shape index (κ2) is 8.33. The van der Waals surface area contributed by atoms with Crippen LogP contribution in [0.1, 0.15) is 27.2 Å². The molecule has 90 valence electrons. The van der Waals surface area contributed by atoms with E-state index in [1.807, 2.05) is 22.6 Å². The molecule has 0 bridgehead atoms. The number of hydrogen-bond donors (Lipinski definition) is 0. The van der Waals surface area contributed by atoms with E-state index in [4.69, 9.17) is 4.74 Å². The Balaban J connectivity index is 3.76. The molecular formula is C11H23INO2+. The van der Waals surface area contributed by atoms with Gasteiger partial charge in [-0.2, -0.15) is 0 Å². The zero-order valence-corrected chi connectivity index (χ0v) is 12.2. The summed E-state index contributed by atoms with van der Waals surface area (Å²) >= 11 is 2.03. The van der Waals surface area contributed by atoms with Crippen LogP contribution in [-0.2, 0) is 9.53 Å². The highest BCUT2D eigenvalue weighted by molar-refractivity contribution is 14.1. The number of quaternary nitrogens is 1. The summed E-state index contributed by atoms with van der Waals surface area (Å²) < 4.78 is 6.64. The minimum Gasteiger partial charge on any atom is -0.465 e. The van der Waals surface area contributed by atoms with E-state index in [1.54, 1.807) is 0 Å². The van der Waals surface area contributed by atoms with E-state index in [9.17, 15) is 4.79 Å². The van der Waals surface area contributed by atoms with Gasteiger partial charge in [0.1, 0.15) is 0 Å². The second-order valence-electron chi connectivity index (χ2n) is 3.72. The molecule has 0 atom stereocenters. The molecule has 0 rings (SSSR count). The number of nitrogens with zero attached hydrogens (tertiary/aromatic N) is 1. The van der Waals surface area contributed by atoms with Gasteiger partial charge in [-0.15, -0.1) is 0 Å². The van der Waals surface area contributed by atoms with Gasteiger partial charge in [0.05, 0.1) is 37.2 Å². The minimum atomic E-state index is -0.0989. The predicted octanol–water partition coefficient (Wildman–Crippen LogP) is 2.23. The van der Waals surface area contributed by atoms with Gasteiger partial charge in [-0.25, -0.2) is 0 Å². The number of halogens is 1. The molecule has 0 N–H and O–H groups in total. The molecule has 0 saturated carbocycles. The summed E-state index contributed by atoms with van der Waals surface area (Å²) in [4.78, 5) is 10.9. The first-order valence-electron chi connectivity index (χ1n) is 5.70. The molecule has 0 aliphatic carbocycles. The normalized spacial score (nSPS) is 11.5. The van der Waals surface area contributed by atoms with Crippen molar-refractivity contribution in [2.75, 3.05) is 37.2 Å². The number of carbonyl (C=O) groups excluding carboxylic acids is 1. The van der Waals surface area contributed by atoms with Gasteiger partial charge in [-0.1, -0.05) is 22.6 Å². The van der Waals surface area contributed by atoms with Crippen molar-refractivity contribution in [1.29, 1.82) is 0 Å². The van der Waals surface area contributed by atoms with Crippen LogP contribution in [-0.4, -0.2) is 47.7 Å². The average molecular weight is 328 g/mol. The topological polar surface area (TPSA) is 26.3 Å². The fraction of sp³-hybridized carbons (Fsp3) is 0.909. The summed E-state index contributed by atoms with van der Waals surface area (Å²) in [6.07, 6.45) is 0.970. The molecule has 0 radical (unpaired) electrons. The van der Waals surface area contributed by atoms with Crippen molar-refractivity contribution in [1.82, 2.24) is 0 Å². The number of hydrogen-bond acceptors (Lipinski definition) is 2. The van der Waals surface area contributed by atoms with Gasteiger partial charge >= 0.3 is 5.97 Å². The van der Waals surface area contributed by atoms with Crippen LogP contribution in [0.25, 0.3) is 0 Å². The van der Waals surface area contributed by atoms with Gasteiger partial charge in [-0.05, 0) is 20.8 Å². The summed E-state index contributed by atoms with van der Waals surface area (Å²) in [5.74, 6) is -0.0989. The van der Waals surface area contributed by atoms with Crippen molar-refractivity contribution in [3.8, 4) is 0 Å². The van der Waals surface area contributed by atoms with E-state index in [-0.39, 0.29) is 5.97 Å². The number of carbonyl (C=O) groups is 1. The summed E-state index contributed by atoms with van der Waals surface area (Å²) in [6.45, 7) is 11.8. The zero-order chi connectivity index (χ0) is 11.7. The van der Waals surface area contributed by atoms with Crippen LogP contribution in [0, 0.1) is 0 Å². The Bertz CT molecular complexity index is 173. The fourth-order valence-electron chi connectivity index (χ4n) is 1.77. The van der Waals surface area contributed by atoms with E-state index >= 15 is 0 Å². The Kier molecular flexibility index (Phi) is 8.42. The van der Waals surface area contributed by atoms with Crippen molar-refractivity contribution >= 4 is 28.6 Å². The minimum absolute atomic E-state index is 0.0989. The molecule has 0 fully saturated rings. The maximum absolute atomic E-state index is 10.9. The molecule has 0 aliphatic rings. The predicted molar refractivity (Wildman–Crippen MR) is 71.2 cm³/mol. The number of rotatable bonds is 8. The SMILES string of the molecule is CC[N+](CC)(CC)CCCOC(=O)CI. The van der Waals surface area contributed by atoms with Crippen molar-refractivity contribution in [2.45, 2.75) is 27.2 Å². The van der Waals surface area contributed by atoms with Gasteiger partial charge in [0.2, 0.25) is 0 Å². The Hall–Kier alpha value is 0.160. The Morgan fingerprint density at radius 2 is 1.73 bits per heavy atom. The zero-order valence-electron chi connectivity index (χ0n) is 10.1. The van der Waals surface area contributed by atoms with Crippen LogP contribution in [0.3, 0.4) is 0 Å². The van der Waals surface area contributed by atoms with Crippen LogP contribution in [0.5, 0.6) is 0 Å². The smallest absolute Gasteiger partial charge is 0.315 e. The maximum atomic E-state index is 10.9. The van der Waals surface area contributed by atoms with Gasteiger partial charge in [-0.3, -0.25) is 4.79 Å². The number of esters is 1. The second-order valence-corrected chi connectivity index (χ2v) is 4.48. The summed E-state index contributed by atoms with van der Waals surface area (Å²) in [5.41, 5.74) is 0. The number of alkyl halides is 1. The number of ether oxygens (including phenoxy) is 1. The lowest BCUT2D eigenvalue weighted by Gasteiger charge is -2.35. The van der Waals surface area contributed by atoms with Crippen LogP contribution in [0.15, 0.2) is 0 Å². The highest BCUT2D eigenvalue weighted by atomic mass is 127. The molecule has 0 aromatic carbocycles. The third-order valence-electron chi connectivity index (χ3n) is 3.16. The molecule has 15 heavy (non-hydrogen) atoms. The van der Waals surface area contributed by atoms with Gasteiger partial charge < -0.3 is 9.22 Å². The van der Waals surface area contributed by atoms with Crippen LogP contribution in [0.2, 0.25) is 0 Å². The Labute approximate surface area is 107 Å². The highest BCUT2D eigenvalue weighted by Gasteiger charge is 2.19. The first-order chi connectivity index (χ1) is 7.14. The van der Waals surface area contributed by atoms with Crippen molar-refractivity contribution < 1.29 is 14.0 Å². The van der Waals surface area contributed by atoms with Gasteiger partial charge in [0.15, 0.2) is 0 Å². The molecule has 0 unspecified atom stereocenters. The fourth-order valence-corrected chi connectivity index (χ4v) is 1.99. The Morgan fingerprint density at radius 1 is 1.20 bits per heavy atom. The first-order valence-corrected chi connectivity index (χ1v) is 7.23. The van der Waals surface area contributed by atoms with E-state index in [1.165, 1.54) is 0 Å². The third kappa shape index (κ3) is 5.70. The van der Waals surface area contributed by atoms with Crippen LogP contribution < -0.4 is 0 Å². The standard InChI is InChI=1S/C11H23INO2/c1-4-13(5-2,6-3)8-7-9-15-11(14)10-12/h4-10H2,1-3H3/q+1. The molecule has 0 amide bonds. The van der Waals surface area contributed by atoms with Crippen LogP contribution in [0.4, 0.5) is 0 Å². The monoisotopic (exact) mass is 328 g/mol. The van der Waals surface area contributed by atoms with Crippen molar-refractivity contribution in [3.63, 3.8) is 0 Å². The highest BCUT2D eigenvalue weighted by Crippen LogP contribution is 2.07. The quantitative estimate of drug-likeness (QED) is 0.225. The van der Waals surface area contributed by atoms with Crippen molar-refractivity contribution in [2.24, 2.45) is 0 Å². The van der Waals surface area contributed by atoms with Crippen molar-refractivity contribution in [3.05, 3.63) is 0 Å². The summed E-state index contributed by atoms with van der Waals surface area (Å²) in [7, 11) is 0. The van der Waals surface area contributed by atoms with Gasteiger partial charge in [0.25, 0.3) is 0 Å². The lowest BCUT2D eigenvalue weighted by molar-refractivity contribution is -0.923.